The lowest BCUT2D eigenvalue weighted by Gasteiger charge is -2.45. The second-order valence-corrected chi connectivity index (χ2v) is 5.06. The molecule has 2 fully saturated rings. The highest BCUT2D eigenvalue weighted by atomic mass is 16.5. The van der Waals surface area contributed by atoms with Gasteiger partial charge in [0, 0.05) is 26.6 Å². The first kappa shape index (κ1) is 11.9. The van der Waals surface area contributed by atoms with E-state index < -0.39 is 0 Å². The van der Waals surface area contributed by atoms with Crippen LogP contribution in [0.5, 0.6) is 0 Å². The van der Waals surface area contributed by atoms with Gasteiger partial charge in [0.1, 0.15) is 0 Å². The molecule has 0 saturated carbocycles. The minimum absolute atomic E-state index is 0.0396. The maximum Gasteiger partial charge on any atom is 0.219 e. The lowest BCUT2D eigenvalue weighted by atomic mass is 9.82. The molecule has 2 aliphatic rings. The molecule has 0 unspecified atom stereocenters. The topological polar surface area (TPSA) is 41.6 Å². The van der Waals surface area contributed by atoms with E-state index in [1.54, 1.807) is 6.92 Å². The molecule has 16 heavy (non-hydrogen) atoms. The summed E-state index contributed by atoms with van der Waals surface area (Å²) in [6.07, 6.45) is 4.14. The number of nitrogens with zero attached hydrogens (tertiary/aromatic N) is 1. The fourth-order valence-electron chi connectivity index (χ4n) is 2.82. The summed E-state index contributed by atoms with van der Waals surface area (Å²) in [5.41, 5.74) is 0.0396. The monoisotopic (exact) mass is 226 g/mol. The number of hydrogen-bond acceptors (Lipinski definition) is 3. The Hall–Kier alpha value is -0.610. The van der Waals surface area contributed by atoms with Crippen LogP contribution in [0.15, 0.2) is 0 Å². The summed E-state index contributed by atoms with van der Waals surface area (Å²) >= 11 is 0. The maximum atomic E-state index is 11.4. The Balaban J connectivity index is 2.00. The molecule has 0 radical (unpaired) electrons. The Kier molecular flexibility index (Phi) is 3.50. The van der Waals surface area contributed by atoms with Crippen molar-refractivity contribution < 1.29 is 9.53 Å². The standard InChI is InChI=1S/C12H22N2O2/c1-10(15)14(2)11-3-8-16-12(9-11)4-6-13-7-5-12/h11,13H,3-9H2,1-2H3/t11-/m0/s1. The minimum atomic E-state index is 0.0396. The number of amides is 1. The summed E-state index contributed by atoms with van der Waals surface area (Å²) in [5.74, 6) is 0.163. The minimum Gasteiger partial charge on any atom is -0.375 e. The number of hydrogen-bond donors (Lipinski definition) is 1. The lowest BCUT2D eigenvalue weighted by molar-refractivity contribution is -0.142. The average molecular weight is 226 g/mol. The third-order valence-corrected chi connectivity index (χ3v) is 4.03. The molecule has 1 amide bonds. The first-order chi connectivity index (χ1) is 7.63. The van der Waals surface area contributed by atoms with E-state index in [4.69, 9.17) is 4.74 Å². The molecule has 1 N–H and O–H groups in total. The van der Waals surface area contributed by atoms with Crippen LogP contribution >= 0.6 is 0 Å². The molecule has 1 atom stereocenters. The van der Waals surface area contributed by atoms with E-state index in [1.165, 1.54) is 0 Å². The zero-order valence-electron chi connectivity index (χ0n) is 10.3. The van der Waals surface area contributed by atoms with Crippen LogP contribution in [-0.4, -0.2) is 49.2 Å². The summed E-state index contributed by atoms with van der Waals surface area (Å²) in [6, 6.07) is 0.365. The molecule has 0 aromatic heterocycles. The quantitative estimate of drug-likeness (QED) is 0.718. The van der Waals surface area contributed by atoms with Gasteiger partial charge in [0.25, 0.3) is 0 Å². The second kappa shape index (κ2) is 4.72. The van der Waals surface area contributed by atoms with Gasteiger partial charge in [-0.1, -0.05) is 0 Å². The van der Waals surface area contributed by atoms with Gasteiger partial charge in [-0.15, -0.1) is 0 Å². The van der Waals surface area contributed by atoms with E-state index in [9.17, 15) is 4.79 Å². The van der Waals surface area contributed by atoms with Crippen molar-refractivity contribution in [3.05, 3.63) is 0 Å². The van der Waals surface area contributed by atoms with E-state index >= 15 is 0 Å². The van der Waals surface area contributed by atoms with E-state index in [2.05, 4.69) is 5.32 Å². The molecular weight excluding hydrogens is 204 g/mol. The summed E-state index contributed by atoms with van der Waals surface area (Å²) in [4.78, 5) is 13.3. The number of carbonyl (C=O) groups excluding carboxylic acids is 1. The summed E-state index contributed by atoms with van der Waals surface area (Å²) in [5, 5.41) is 3.36. The molecule has 92 valence electrons. The Morgan fingerprint density at radius 3 is 2.75 bits per heavy atom. The van der Waals surface area contributed by atoms with E-state index in [-0.39, 0.29) is 11.5 Å². The van der Waals surface area contributed by atoms with Gasteiger partial charge in [-0.05, 0) is 38.8 Å². The first-order valence-electron chi connectivity index (χ1n) is 6.21. The van der Waals surface area contributed by atoms with Crippen molar-refractivity contribution in [3.8, 4) is 0 Å². The number of nitrogens with one attached hydrogen (secondary N) is 1. The molecule has 0 bridgehead atoms. The van der Waals surface area contributed by atoms with Crippen LogP contribution < -0.4 is 5.32 Å². The fourth-order valence-corrected chi connectivity index (χ4v) is 2.82. The average Bonchev–Trinajstić information content (AvgIpc) is 2.29. The summed E-state index contributed by atoms with van der Waals surface area (Å²) < 4.78 is 5.99. The van der Waals surface area contributed by atoms with E-state index in [0.29, 0.717) is 6.04 Å². The molecule has 1 spiro atoms. The number of carbonyl (C=O) groups is 1. The Morgan fingerprint density at radius 1 is 1.44 bits per heavy atom. The van der Waals surface area contributed by atoms with Crippen LogP contribution in [0.25, 0.3) is 0 Å². The Labute approximate surface area is 97.3 Å². The highest BCUT2D eigenvalue weighted by Gasteiger charge is 2.40. The predicted molar refractivity (Wildman–Crippen MR) is 62.3 cm³/mol. The molecule has 4 heteroatoms. The predicted octanol–water partition coefficient (Wildman–Crippen LogP) is 0.766. The zero-order valence-corrected chi connectivity index (χ0v) is 10.3. The van der Waals surface area contributed by atoms with Gasteiger partial charge in [-0.2, -0.15) is 0 Å². The molecule has 0 aromatic carbocycles. The number of piperidine rings is 1. The van der Waals surface area contributed by atoms with Crippen molar-refractivity contribution >= 4 is 5.91 Å². The molecule has 4 nitrogen and oxygen atoms in total. The maximum absolute atomic E-state index is 11.4. The lowest BCUT2D eigenvalue weighted by Crippen LogP contribution is -2.53. The molecular formula is C12H22N2O2. The zero-order chi connectivity index (χ0) is 11.6. The number of rotatable bonds is 1. The van der Waals surface area contributed by atoms with Crippen LogP contribution in [0.3, 0.4) is 0 Å². The highest BCUT2D eigenvalue weighted by molar-refractivity contribution is 5.73. The molecule has 2 aliphatic heterocycles. The van der Waals surface area contributed by atoms with Crippen molar-refractivity contribution in [2.45, 2.75) is 44.2 Å². The molecule has 2 heterocycles. The van der Waals surface area contributed by atoms with Gasteiger partial charge in [0.05, 0.1) is 5.60 Å². The number of ether oxygens (including phenoxy) is 1. The van der Waals surface area contributed by atoms with Crippen LogP contribution in [0.2, 0.25) is 0 Å². The fraction of sp³-hybridized carbons (Fsp3) is 0.917. The van der Waals surface area contributed by atoms with Crippen LogP contribution in [0.1, 0.15) is 32.6 Å². The summed E-state index contributed by atoms with van der Waals surface area (Å²) in [7, 11) is 1.91. The first-order valence-corrected chi connectivity index (χ1v) is 6.21. The van der Waals surface area contributed by atoms with Crippen LogP contribution in [0, 0.1) is 0 Å². The smallest absolute Gasteiger partial charge is 0.219 e. The van der Waals surface area contributed by atoms with Crippen molar-refractivity contribution in [2.75, 3.05) is 26.7 Å². The van der Waals surface area contributed by atoms with Gasteiger partial charge < -0.3 is 15.0 Å². The largest absolute Gasteiger partial charge is 0.375 e. The molecule has 2 saturated heterocycles. The van der Waals surface area contributed by atoms with Crippen LogP contribution in [0.4, 0.5) is 0 Å². The van der Waals surface area contributed by atoms with Crippen LogP contribution in [-0.2, 0) is 9.53 Å². The SMILES string of the molecule is CC(=O)N(C)[C@H]1CCOC2(CCNCC2)C1. The van der Waals surface area contributed by atoms with Crippen molar-refractivity contribution in [2.24, 2.45) is 0 Å². The third-order valence-electron chi connectivity index (χ3n) is 4.03. The Morgan fingerprint density at radius 2 is 2.12 bits per heavy atom. The van der Waals surface area contributed by atoms with E-state index in [0.717, 1.165) is 45.4 Å². The van der Waals surface area contributed by atoms with Crippen molar-refractivity contribution in [1.29, 1.82) is 0 Å². The van der Waals surface area contributed by atoms with Gasteiger partial charge in [-0.3, -0.25) is 4.79 Å². The second-order valence-electron chi connectivity index (χ2n) is 5.06. The van der Waals surface area contributed by atoms with Crippen molar-refractivity contribution in [3.63, 3.8) is 0 Å². The highest BCUT2D eigenvalue weighted by Crippen LogP contribution is 2.34. The summed E-state index contributed by atoms with van der Waals surface area (Å²) in [6.45, 7) is 4.51. The van der Waals surface area contributed by atoms with Gasteiger partial charge >= 0.3 is 0 Å². The molecule has 0 aromatic rings. The Bertz CT molecular complexity index is 256. The van der Waals surface area contributed by atoms with Gasteiger partial charge in [-0.25, -0.2) is 0 Å². The third kappa shape index (κ3) is 2.38. The van der Waals surface area contributed by atoms with Gasteiger partial charge in [0.15, 0.2) is 0 Å². The van der Waals surface area contributed by atoms with E-state index in [1.807, 2.05) is 11.9 Å². The molecule has 0 aliphatic carbocycles. The van der Waals surface area contributed by atoms with Gasteiger partial charge in [0.2, 0.25) is 5.91 Å². The molecule has 2 rings (SSSR count). The van der Waals surface area contributed by atoms with Crippen molar-refractivity contribution in [1.82, 2.24) is 10.2 Å². The normalized spacial score (nSPS) is 29.0.